The fourth-order valence-electron chi connectivity index (χ4n) is 2.43. The van der Waals surface area contributed by atoms with Gasteiger partial charge in [0, 0.05) is 26.7 Å². The average Bonchev–Trinajstić information content (AvgIpc) is 2.56. The van der Waals surface area contributed by atoms with Gasteiger partial charge in [-0.1, -0.05) is 41.0 Å². The maximum atomic E-state index is 11.0. The lowest BCUT2D eigenvalue weighted by atomic mass is 10.4. The normalized spacial score (nSPS) is 11.8. The summed E-state index contributed by atoms with van der Waals surface area (Å²) in [5.41, 5.74) is 0. The van der Waals surface area contributed by atoms with Crippen LogP contribution in [0.3, 0.4) is 0 Å². The minimum Gasteiger partial charge on any atom is -0.437 e. The zero-order valence-corrected chi connectivity index (χ0v) is 33.3. The van der Waals surface area contributed by atoms with Crippen LogP contribution in [0.2, 0.25) is 71.5 Å². The highest BCUT2D eigenvalue weighted by atomic mass is 31.2. The fraction of sp³-hybridized carbons (Fsp3) is 0.958. The molecule has 0 bridgehead atoms. The Balaban J connectivity index is -0.0000000925. The summed E-state index contributed by atoms with van der Waals surface area (Å²) in [6.07, 6.45) is 2.89. The molecule has 0 rings (SSSR count). The van der Waals surface area contributed by atoms with E-state index in [1.54, 1.807) is 26.7 Å². The number of hydrogen-bond donors (Lipinski definition) is 0. The largest absolute Gasteiger partial charge is 0.437 e. The van der Waals surface area contributed by atoms with Crippen molar-refractivity contribution in [2.75, 3.05) is 33.3 Å². The molecule has 14 heteroatoms. The van der Waals surface area contributed by atoms with Crippen LogP contribution in [0, 0.1) is 0 Å². The standard InChI is InChI=1S/C9H26O2Si3.C5H15O2PSi.C4H11O2P.C4H10.CO2.CH4/c1-9-14(8,10-12(2,3)4)11-13(5,6)7;1-8(2,6)7-9(3,4)5;1-4-6-7(2,3)5;1-3-4-2;2-1-3;/h9H2,1-8H3;1-5H3;4H2,1-3H3;3-4H2,1-2H3;;1H4. The van der Waals surface area contributed by atoms with E-state index in [-0.39, 0.29) is 13.6 Å². The Hall–Kier alpha value is 0.548. The Bertz CT molecular complexity index is 652. The van der Waals surface area contributed by atoms with E-state index in [2.05, 4.69) is 66.6 Å². The second kappa shape index (κ2) is 24.2. The highest BCUT2D eigenvalue weighted by molar-refractivity contribution is 7.58. The van der Waals surface area contributed by atoms with Gasteiger partial charge in [-0.15, -0.1) is 0 Å². The van der Waals surface area contributed by atoms with Crippen LogP contribution >= 0.6 is 14.7 Å². The van der Waals surface area contributed by atoms with E-state index in [9.17, 15) is 9.13 Å². The lowest BCUT2D eigenvalue weighted by Gasteiger charge is -2.37. The van der Waals surface area contributed by atoms with Crippen molar-refractivity contribution in [3.63, 3.8) is 0 Å². The molecule has 0 aromatic rings. The molecule has 0 aliphatic heterocycles. The molecule has 38 heavy (non-hydrogen) atoms. The molecule has 0 aliphatic rings. The van der Waals surface area contributed by atoms with E-state index in [0.717, 1.165) is 6.04 Å². The van der Waals surface area contributed by atoms with Crippen molar-refractivity contribution in [1.29, 1.82) is 0 Å². The van der Waals surface area contributed by atoms with Gasteiger partial charge < -0.3 is 17.0 Å². The maximum Gasteiger partial charge on any atom is 0.373 e. The first-order chi connectivity index (χ1) is 16.1. The zero-order chi connectivity index (χ0) is 31.4. The summed E-state index contributed by atoms with van der Waals surface area (Å²) in [7, 11) is -10.7. The van der Waals surface area contributed by atoms with E-state index in [0.29, 0.717) is 6.61 Å². The van der Waals surface area contributed by atoms with Gasteiger partial charge in [0.15, 0.2) is 39.7 Å². The summed E-state index contributed by atoms with van der Waals surface area (Å²) >= 11 is 0. The van der Waals surface area contributed by atoms with Crippen LogP contribution in [0.25, 0.3) is 0 Å². The van der Waals surface area contributed by atoms with Gasteiger partial charge in [0.1, 0.15) is 0 Å². The van der Waals surface area contributed by atoms with Gasteiger partial charge in [-0.25, -0.2) is 0 Å². The Morgan fingerprint density at radius 2 is 0.895 bits per heavy atom. The van der Waals surface area contributed by atoms with E-state index < -0.39 is 48.3 Å². The molecule has 0 saturated heterocycles. The number of rotatable bonds is 10. The van der Waals surface area contributed by atoms with E-state index in [4.69, 9.17) is 26.6 Å². The number of unbranched alkanes of at least 4 members (excludes halogenated alkanes) is 1. The highest BCUT2D eigenvalue weighted by Gasteiger charge is 2.38. The average molecular weight is 657 g/mol. The summed E-state index contributed by atoms with van der Waals surface area (Å²) < 4.78 is 44.2. The van der Waals surface area contributed by atoms with Gasteiger partial charge in [0.2, 0.25) is 0 Å². The minimum absolute atomic E-state index is 0. The van der Waals surface area contributed by atoms with Gasteiger partial charge in [0.05, 0.1) is 6.61 Å². The van der Waals surface area contributed by atoms with Gasteiger partial charge in [-0.3, -0.25) is 9.13 Å². The summed E-state index contributed by atoms with van der Waals surface area (Å²) in [6.45, 7) is 37.2. The molecule has 8 nitrogen and oxygen atoms in total. The second-order valence-electron chi connectivity index (χ2n) is 12.1. The zero-order valence-electron chi connectivity index (χ0n) is 27.5. The summed E-state index contributed by atoms with van der Waals surface area (Å²) in [5.74, 6) is 0. The first-order valence-electron chi connectivity index (χ1n) is 12.9. The van der Waals surface area contributed by atoms with Crippen LogP contribution < -0.4 is 0 Å². The van der Waals surface area contributed by atoms with Crippen LogP contribution in [0.1, 0.15) is 48.0 Å². The molecule has 0 spiro atoms. The summed E-state index contributed by atoms with van der Waals surface area (Å²) in [5, 5.41) is 0. The molecule has 0 aromatic carbocycles. The molecule has 0 unspecified atom stereocenters. The van der Waals surface area contributed by atoms with Crippen LogP contribution in [0.15, 0.2) is 0 Å². The SMILES string of the molecule is C.CCCC.CCOP(C)(C)=O.CC[Si](C)(O[Si](C)(C)C)O[Si](C)(C)C.C[Si](C)(C)OP(C)(C)=O.O=C=O. The number of hydrogen-bond acceptors (Lipinski definition) is 8. The molecule has 0 aliphatic carbocycles. The summed E-state index contributed by atoms with van der Waals surface area (Å²) in [6, 6.07) is 1.06. The molecule has 0 saturated carbocycles. The van der Waals surface area contributed by atoms with Crippen LogP contribution in [0.5, 0.6) is 0 Å². The van der Waals surface area contributed by atoms with Gasteiger partial charge in [-0.05, 0) is 78.4 Å². The topological polar surface area (TPSA) is 105 Å². The predicted molar refractivity (Wildman–Crippen MR) is 178 cm³/mol. The number of carbonyl (C=O) groups excluding carboxylic acids is 2. The van der Waals surface area contributed by atoms with E-state index >= 15 is 0 Å². The maximum absolute atomic E-state index is 11.0. The highest BCUT2D eigenvalue weighted by Crippen LogP contribution is 2.40. The van der Waals surface area contributed by atoms with Crippen molar-refractivity contribution < 1.29 is 35.7 Å². The van der Waals surface area contributed by atoms with Crippen molar-refractivity contribution in [2.45, 2.75) is 119 Å². The Morgan fingerprint density at radius 1 is 0.605 bits per heavy atom. The summed E-state index contributed by atoms with van der Waals surface area (Å²) in [4.78, 5) is 16.2. The molecule has 0 atom stereocenters. The second-order valence-corrected chi connectivity index (χ2v) is 35.4. The quantitative estimate of drug-likeness (QED) is 0.169. The van der Waals surface area contributed by atoms with Crippen molar-refractivity contribution in [3.05, 3.63) is 0 Å². The van der Waals surface area contributed by atoms with E-state index in [1.165, 1.54) is 12.8 Å². The molecule has 0 N–H and O–H groups in total. The molecular formula is C24H66O8P2Si4. The van der Waals surface area contributed by atoms with Crippen LogP contribution in [-0.4, -0.2) is 72.9 Å². The lowest BCUT2D eigenvalue weighted by molar-refractivity contribution is -0.191. The van der Waals surface area contributed by atoms with Crippen molar-refractivity contribution in [1.82, 2.24) is 0 Å². The van der Waals surface area contributed by atoms with Crippen LogP contribution in [0.4, 0.5) is 0 Å². The third-order valence-electron chi connectivity index (χ3n) is 3.12. The fourth-order valence-corrected chi connectivity index (χ4v) is 20.4. The van der Waals surface area contributed by atoms with Crippen molar-refractivity contribution in [3.8, 4) is 0 Å². The van der Waals surface area contributed by atoms with E-state index in [1.807, 2.05) is 26.6 Å². The molecular weight excluding hydrogens is 591 g/mol. The van der Waals surface area contributed by atoms with Gasteiger partial charge in [-0.2, -0.15) is 9.59 Å². The first-order valence-corrected chi connectivity index (χ1v) is 30.7. The molecule has 0 aromatic heterocycles. The first kappa shape index (κ1) is 51.3. The van der Waals surface area contributed by atoms with Crippen LogP contribution in [-0.2, 0) is 35.7 Å². The Morgan fingerprint density at radius 3 is 0.947 bits per heavy atom. The smallest absolute Gasteiger partial charge is 0.373 e. The van der Waals surface area contributed by atoms with Crippen molar-refractivity contribution in [2.24, 2.45) is 0 Å². The molecule has 236 valence electrons. The van der Waals surface area contributed by atoms with Gasteiger partial charge in [0.25, 0.3) is 0 Å². The Labute approximate surface area is 242 Å². The third-order valence-corrected chi connectivity index (χ3v) is 17.6. The minimum atomic E-state index is -2.23. The molecule has 0 amide bonds. The van der Waals surface area contributed by atoms with Crippen molar-refractivity contribution >= 4 is 54.4 Å². The third kappa shape index (κ3) is 65.5. The molecule has 0 fully saturated rings. The van der Waals surface area contributed by atoms with Gasteiger partial charge >= 0.3 is 14.7 Å². The molecule has 0 radical (unpaired) electrons. The predicted octanol–water partition coefficient (Wildman–Crippen LogP) is 9.58. The Kier molecular flexibility index (Phi) is 32.6. The lowest BCUT2D eigenvalue weighted by Crippen LogP contribution is -2.52. The monoisotopic (exact) mass is 656 g/mol. The molecule has 0 heterocycles.